The van der Waals surface area contributed by atoms with E-state index in [0.29, 0.717) is 11.3 Å². The van der Waals surface area contributed by atoms with Crippen molar-refractivity contribution in [2.24, 2.45) is 5.92 Å². The van der Waals surface area contributed by atoms with E-state index in [1.54, 1.807) is 5.38 Å². The van der Waals surface area contributed by atoms with Gasteiger partial charge in [0.25, 0.3) is 0 Å². The number of carbonyl (C=O) groups is 3. The zero-order valence-corrected chi connectivity index (χ0v) is 16.4. The number of methoxy groups -OCH3 is 1. The molecule has 0 spiro atoms. The smallest absolute Gasteiger partial charge is 0.350 e. The van der Waals surface area contributed by atoms with Gasteiger partial charge in [0.1, 0.15) is 4.88 Å². The number of nitrogens with one attached hydrogen (secondary N) is 1. The second-order valence-electron chi connectivity index (χ2n) is 6.26. The number of carboxylic acids is 1. The lowest BCUT2D eigenvalue weighted by atomic mass is 10.1. The normalized spacial score (nSPS) is 11.6. The number of carbonyl (C=O) groups excluding carboxylic acids is 2. The zero-order valence-electron chi connectivity index (χ0n) is 15.6. The third-order valence-corrected chi connectivity index (χ3v) is 5.03. The number of amides is 2. The molecule has 2 aromatic rings. The number of rotatable bonds is 6. The van der Waals surface area contributed by atoms with Crippen LogP contribution in [0.2, 0.25) is 0 Å². The van der Waals surface area contributed by atoms with Gasteiger partial charge in [-0.05, 0) is 12.5 Å². The Labute approximate surface area is 161 Å². The van der Waals surface area contributed by atoms with Gasteiger partial charge < -0.3 is 20.1 Å². The van der Waals surface area contributed by atoms with Crippen molar-refractivity contribution in [3.05, 3.63) is 40.1 Å². The highest BCUT2D eigenvalue weighted by Crippen LogP contribution is 2.37. The molecule has 0 saturated carbocycles. The number of hydrogen-bond donors (Lipinski definition) is 2. The van der Waals surface area contributed by atoms with Crippen molar-refractivity contribution in [3.63, 3.8) is 0 Å². The molecule has 27 heavy (non-hydrogen) atoms. The third kappa shape index (κ3) is 4.85. The number of hydrogen-bond acceptors (Lipinski definition) is 5. The lowest BCUT2D eigenvalue weighted by molar-refractivity contribution is -0.141. The monoisotopic (exact) mass is 390 g/mol. The number of urea groups is 1. The predicted octanol–water partition coefficient (Wildman–Crippen LogP) is 3.69. The molecule has 8 heteroatoms. The van der Waals surface area contributed by atoms with Crippen LogP contribution in [-0.2, 0) is 9.53 Å². The molecule has 1 aromatic heterocycles. The summed E-state index contributed by atoms with van der Waals surface area (Å²) in [6, 6.07) is 7.20. The Morgan fingerprint density at radius 1 is 1.26 bits per heavy atom. The van der Waals surface area contributed by atoms with E-state index in [-0.39, 0.29) is 11.4 Å². The average Bonchev–Trinajstić information content (AvgIpc) is 3.04. The van der Waals surface area contributed by atoms with Gasteiger partial charge >= 0.3 is 18.0 Å². The van der Waals surface area contributed by atoms with Gasteiger partial charge in [-0.25, -0.2) is 9.59 Å². The van der Waals surface area contributed by atoms with E-state index in [2.05, 4.69) is 5.32 Å². The Kier molecular flexibility index (Phi) is 6.57. The average molecular weight is 390 g/mol. The first-order valence-corrected chi connectivity index (χ1v) is 9.14. The molecule has 0 bridgehead atoms. The number of ether oxygens (including phenoxy) is 1. The van der Waals surface area contributed by atoms with Gasteiger partial charge in [-0.2, -0.15) is 0 Å². The summed E-state index contributed by atoms with van der Waals surface area (Å²) in [5, 5.41) is 13.5. The van der Waals surface area contributed by atoms with E-state index in [1.807, 2.05) is 31.2 Å². The summed E-state index contributed by atoms with van der Waals surface area (Å²) in [7, 11) is 2.78. The highest BCUT2D eigenvalue weighted by molar-refractivity contribution is 7.13. The van der Waals surface area contributed by atoms with Crippen molar-refractivity contribution >= 4 is 35.0 Å². The quantitative estimate of drug-likeness (QED) is 0.733. The van der Waals surface area contributed by atoms with Gasteiger partial charge in [-0.3, -0.25) is 4.79 Å². The number of carboxylic acid groups (broad SMARTS) is 1. The number of aryl methyl sites for hydroxylation is 1. The maximum absolute atomic E-state index is 12.5. The summed E-state index contributed by atoms with van der Waals surface area (Å²) >= 11 is 1.18. The van der Waals surface area contributed by atoms with Crippen LogP contribution in [0.1, 0.15) is 22.2 Å². The van der Waals surface area contributed by atoms with Crippen LogP contribution in [0.4, 0.5) is 10.5 Å². The van der Waals surface area contributed by atoms with Gasteiger partial charge in [0.2, 0.25) is 0 Å². The van der Waals surface area contributed by atoms with E-state index < -0.39 is 23.9 Å². The van der Waals surface area contributed by atoms with Crippen LogP contribution >= 0.6 is 11.3 Å². The van der Waals surface area contributed by atoms with Crippen LogP contribution in [-0.4, -0.2) is 48.7 Å². The summed E-state index contributed by atoms with van der Waals surface area (Å²) in [6.45, 7) is 3.53. The van der Waals surface area contributed by atoms with Crippen molar-refractivity contribution in [1.82, 2.24) is 4.90 Å². The number of esters is 1. The van der Waals surface area contributed by atoms with E-state index in [0.717, 1.165) is 11.1 Å². The van der Waals surface area contributed by atoms with E-state index >= 15 is 0 Å². The van der Waals surface area contributed by atoms with E-state index in [1.165, 1.54) is 37.3 Å². The molecule has 2 N–H and O–H groups in total. The minimum Gasteiger partial charge on any atom is -0.481 e. The van der Waals surface area contributed by atoms with Crippen LogP contribution in [0, 0.1) is 12.8 Å². The summed E-state index contributed by atoms with van der Waals surface area (Å²) in [6.07, 6.45) is 0. The zero-order chi connectivity index (χ0) is 20.1. The number of thiophene rings is 1. The summed E-state index contributed by atoms with van der Waals surface area (Å²) in [4.78, 5) is 37.2. The van der Waals surface area contributed by atoms with E-state index in [9.17, 15) is 14.4 Å². The molecule has 1 aromatic carbocycles. The Morgan fingerprint density at radius 2 is 1.89 bits per heavy atom. The molecule has 144 valence electrons. The highest BCUT2D eigenvalue weighted by atomic mass is 32.1. The molecule has 2 rings (SSSR count). The topological polar surface area (TPSA) is 95.9 Å². The van der Waals surface area contributed by atoms with Crippen molar-refractivity contribution in [1.29, 1.82) is 0 Å². The Balaban J connectivity index is 2.34. The molecule has 7 nitrogen and oxygen atoms in total. The maximum atomic E-state index is 12.5. The first-order chi connectivity index (χ1) is 12.7. The van der Waals surface area contributed by atoms with Gasteiger partial charge in [0.05, 0.1) is 18.7 Å². The first-order valence-electron chi connectivity index (χ1n) is 8.26. The standard InChI is InChI=1S/C19H22N2O5S/c1-11-5-7-13(8-6-11)14-10-27-16(18(24)26-4)15(14)20-19(25)21(3)9-12(2)17(22)23/h5-8,10,12H,9H2,1-4H3,(H,20,25)(H,22,23). The predicted molar refractivity (Wildman–Crippen MR) is 104 cm³/mol. The second-order valence-corrected chi connectivity index (χ2v) is 7.14. The Hall–Kier alpha value is -2.87. The Bertz CT molecular complexity index is 844. The summed E-state index contributed by atoms with van der Waals surface area (Å²) in [5.41, 5.74) is 3.00. The fourth-order valence-electron chi connectivity index (χ4n) is 2.44. The minimum atomic E-state index is -0.985. The van der Waals surface area contributed by atoms with Crippen molar-refractivity contribution in [3.8, 4) is 11.1 Å². The highest BCUT2D eigenvalue weighted by Gasteiger charge is 2.24. The Morgan fingerprint density at radius 3 is 2.44 bits per heavy atom. The van der Waals surface area contributed by atoms with Crippen molar-refractivity contribution in [2.45, 2.75) is 13.8 Å². The van der Waals surface area contributed by atoms with Gasteiger partial charge in [0.15, 0.2) is 0 Å². The molecular weight excluding hydrogens is 368 g/mol. The molecule has 0 aliphatic carbocycles. The van der Waals surface area contributed by atoms with Crippen molar-refractivity contribution < 1.29 is 24.2 Å². The van der Waals surface area contributed by atoms with Crippen LogP contribution < -0.4 is 5.32 Å². The van der Waals surface area contributed by atoms with Crippen LogP contribution in [0.25, 0.3) is 11.1 Å². The third-order valence-electron chi connectivity index (χ3n) is 4.07. The maximum Gasteiger partial charge on any atom is 0.350 e. The molecule has 1 heterocycles. The molecule has 1 unspecified atom stereocenters. The number of nitrogens with zero attached hydrogens (tertiary/aromatic N) is 1. The number of aliphatic carboxylic acids is 1. The SMILES string of the molecule is COC(=O)c1scc(-c2ccc(C)cc2)c1NC(=O)N(C)CC(C)C(=O)O. The fraction of sp³-hybridized carbons (Fsp3) is 0.316. The largest absolute Gasteiger partial charge is 0.481 e. The number of anilines is 1. The molecule has 0 saturated heterocycles. The molecule has 0 radical (unpaired) electrons. The van der Waals surface area contributed by atoms with Crippen LogP contribution in [0.3, 0.4) is 0 Å². The summed E-state index contributed by atoms with van der Waals surface area (Å²) in [5.74, 6) is -2.24. The van der Waals surface area contributed by atoms with Crippen LogP contribution in [0.5, 0.6) is 0 Å². The second kappa shape index (κ2) is 8.68. The van der Waals surface area contributed by atoms with Crippen LogP contribution in [0.15, 0.2) is 29.6 Å². The summed E-state index contributed by atoms with van der Waals surface area (Å²) < 4.78 is 4.81. The first kappa shape index (κ1) is 20.4. The molecule has 2 amide bonds. The van der Waals surface area contributed by atoms with Gasteiger partial charge in [-0.1, -0.05) is 36.8 Å². The number of benzene rings is 1. The molecule has 1 atom stereocenters. The molecule has 0 fully saturated rings. The van der Waals surface area contributed by atoms with Gasteiger partial charge in [0, 0.05) is 24.5 Å². The fourth-order valence-corrected chi connectivity index (χ4v) is 3.39. The lowest BCUT2D eigenvalue weighted by Crippen LogP contribution is -2.36. The van der Waals surface area contributed by atoms with E-state index in [4.69, 9.17) is 9.84 Å². The molecule has 0 aliphatic rings. The molecular formula is C19H22N2O5S. The van der Waals surface area contributed by atoms with Crippen molar-refractivity contribution in [2.75, 3.05) is 26.0 Å². The molecule has 0 aliphatic heterocycles. The minimum absolute atomic E-state index is 0.0404. The van der Waals surface area contributed by atoms with Gasteiger partial charge in [-0.15, -0.1) is 11.3 Å². The lowest BCUT2D eigenvalue weighted by Gasteiger charge is -2.20.